The van der Waals surface area contributed by atoms with Gasteiger partial charge >= 0.3 is 0 Å². The van der Waals surface area contributed by atoms with E-state index in [1.165, 1.54) is 25.9 Å². The normalized spacial score (nSPS) is 16.0. The molecule has 0 atom stereocenters. The summed E-state index contributed by atoms with van der Waals surface area (Å²) in [4.78, 5) is 9.73. The van der Waals surface area contributed by atoms with E-state index in [1.807, 2.05) is 54.6 Å². The summed E-state index contributed by atoms with van der Waals surface area (Å²) in [6, 6.07) is 22.2. The Balaban J connectivity index is 1.24. The number of nitrogens with zero attached hydrogens (tertiary/aromatic N) is 4. The van der Waals surface area contributed by atoms with Crippen LogP contribution in [0.5, 0.6) is 23.0 Å². The topological polar surface area (TPSA) is 82.9 Å². The van der Waals surface area contributed by atoms with Gasteiger partial charge in [-0.3, -0.25) is 4.98 Å². The number of pyridine rings is 1. The molecule has 2 saturated heterocycles. The second-order valence-corrected chi connectivity index (χ2v) is 10.6. The van der Waals surface area contributed by atoms with Crippen molar-refractivity contribution in [1.29, 1.82) is 5.26 Å². The highest BCUT2D eigenvalue weighted by Gasteiger charge is 2.28. The van der Waals surface area contributed by atoms with Crippen LogP contribution in [0.4, 0.5) is 17.1 Å². The van der Waals surface area contributed by atoms with E-state index in [-0.39, 0.29) is 0 Å². The number of rotatable bonds is 8. The molecule has 210 valence electrons. The molecule has 0 bridgehead atoms. The molecule has 0 unspecified atom stereocenters. The summed E-state index contributed by atoms with van der Waals surface area (Å²) in [7, 11) is 3.33. The maximum atomic E-state index is 9.91. The van der Waals surface area contributed by atoms with Crippen LogP contribution in [0.25, 0.3) is 10.9 Å². The second-order valence-electron chi connectivity index (χ2n) is 10.6. The van der Waals surface area contributed by atoms with E-state index < -0.39 is 0 Å². The van der Waals surface area contributed by atoms with Gasteiger partial charge in [0.1, 0.15) is 17.6 Å². The molecule has 0 amide bonds. The molecule has 8 nitrogen and oxygen atoms in total. The molecule has 1 N–H and O–H groups in total. The lowest BCUT2D eigenvalue weighted by atomic mass is 10.0. The Kier molecular flexibility index (Phi) is 7.79. The lowest BCUT2D eigenvalue weighted by molar-refractivity contribution is 0.207. The molecule has 6 rings (SSSR count). The van der Waals surface area contributed by atoms with E-state index in [1.54, 1.807) is 20.4 Å². The molecule has 0 radical (unpaired) electrons. The van der Waals surface area contributed by atoms with Gasteiger partial charge in [-0.2, -0.15) is 5.26 Å². The van der Waals surface area contributed by atoms with E-state index in [9.17, 15) is 5.26 Å². The van der Waals surface area contributed by atoms with Crippen LogP contribution < -0.4 is 24.4 Å². The Labute approximate surface area is 241 Å². The molecule has 2 aliphatic heterocycles. The molecular weight excluding hydrogens is 514 g/mol. The third kappa shape index (κ3) is 5.59. The van der Waals surface area contributed by atoms with Gasteiger partial charge in [-0.05, 0) is 87.3 Å². The standard InChI is InChI=1S/C33H35N5O3/c1-39-30-7-3-4-8-31(30)41-26-11-9-24(10-12-26)36-33-23(21-34)22-35-28-20-29(32(40-2)19-27(28)33)38-17-13-25(14-18-38)37-15-5-6-16-37/h3-4,7-12,19-20,22,25H,5-6,13-18H2,1-2H3,(H,35,36). The summed E-state index contributed by atoms with van der Waals surface area (Å²) in [5.41, 5.74) is 3.87. The minimum Gasteiger partial charge on any atom is -0.495 e. The number of benzene rings is 3. The van der Waals surface area contributed by atoms with Crippen molar-refractivity contribution in [2.75, 3.05) is 50.6 Å². The van der Waals surface area contributed by atoms with Gasteiger partial charge in [-0.15, -0.1) is 0 Å². The van der Waals surface area contributed by atoms with Crippen molar-refractivity contribution in [3.63, 3.8) is 0 Å². The highest BCUT2D eigenvalue weighted by Crippen LogP contribution is 2.39. The van der Waals surface area contributed by atoms with Gasteiger partial charge < -0.3 is 29.3 Å². The molecule has 0 saturated carbocycles. The van der Waals surface area contributed by atoms with Crippen molar-refractivity contribution in [2.24, 2.45) is 0 Å². The van der Waals surface area contributed by atoms with Crippen molar-refractivity contribution >= 4 is 28.0 Å². The third-order valence-electron chi connectivity index (χ3n) is 8.17. The number of piperidine rings is 1. The molecule has 0 aliphatic carbocycles. The Morgan fingerprint density at radius 2 is 1.59 bits per heavy atom. The monoisotopic (exact) mass is 549 g/mol. The van der Waals surface area contributed by atoms with Crippen LogP contribution in [-0.4, -0.2) is 56.3 Å². The van der Waals surface area contributed by atoms with Gasteiger partial charge in [-0.1, -0.05) is 12.1 Å². The van der Waals surface area contributed by atoms with Gasteiger partial charge in [0.25, 0.3) is 0 Å². The minimum absolute atomic E-state index is 0.466. The maximum absolute atomic E-state index is 9.91. The number of aromatic nitrogens is 1. The minimum atomic E-state index is 0.466. The molecule has 1 aromatic heterocycles. The number of nitriles is 1. The number of fused-ring (bicyclic) bond motifs is 1. The Bertz CT molecular complexity index is 1550. The number of para-hydroxylation sites is 2. The average molecular weight is 550 g/mol. The van der Waals surface area contributed by atoms with E-state index >= 15 is 0 Å². The zero-order valence-corrected chi connectivity index (χ0v) is 23.6. The third-order valence-corrected chi connectivity index (χ3v) is 8.17. The number of anilines is 3. The first-order valence-electron chi connectivity index (χ1n) is 14.2. The van der Waals surface area contributed by atoms with Crippen molar-refractivity contribution in [3.8, 4) is 29.1 Å². The predicted octanol–water partition coefficient (Wildman–Crippen LogP) is 6.72. The van der Waals surface area contributed by atoms with Crippen LogP contribution in [0.2, 0.25) is 0 Å². The van der Waals surface area contributed by atoms with E-state index in [2.05, 4.69) is 32.2 Å². The highest BCUT2D eigenvalue weighted by atomic mass is 16.5. The Morgan fingerprint density at radius 3 is 2.27 bits per heavy atom. The molecular formula is C33H35N5O3. The number of nitrogens with one attached hydrogen (secondary N) is 1. The maximum Gasteiger partial charge on any atom is 0.169 e. The fraction of sp³-hybridized carbons (Fsp3) is 0.333. The van der Waals surface area contributed by atoms with Gasteiger partial charge in [0, 0.05) is 36.4 Å². The molecule has 4 aromatic rings. The van der Waals surface area contributed by atoms with Crippen molar-refractivity contribution in [3.05, 3.63) is 72.4 Å². The summed E-state index contributed by atoms with van der Waals surface area (Å²) in [6.07, 6.45) is 6.61. The molecule has 3 heterocycles. The van der Waals surface area contributed by atoms with Crippen molar-refractivity contribution in [2.45, 2.75) is 31.7 Å². The Morgan fingerprint density at radius 1 is 0.878 bits per heavy atom. The summed E-state index contributed by atoms with van der Waals surface area (Å²) >= 11 is 0. The summed E-state index contributed by atoms with van der Waals surface area (Å²) in [5.74, 6) is 2.78. The van der Waals surface area contributed by atoms with E-state index in [0.29, 0.717) is 34.5 Å². The molecule has 3 aromatic carbocycles. The van der Waals surface area contributed by atoms with Crippen LogP contribution in [-0.2, 0) is 0 Å². The largest absolute Gasteiger partial charge is 0.495 e. The molecule has 8 heteroatoms. The van der Waals surface area contributed by atoms with Crippen LogP contribution in [0.3, 0.4) is 0 Å². The number of hydrogen-bond donors (Lipinski definition) is 1. The van der Waals surface area contributed by atoms with Gasteiger partial charge in [0.05, 0.1) is 36.7 Å². The molecule has 0 spiro atoms. The number of methoxy groups -OCH3 is 2. The first-order valence-corrected chi connectivity index (χ1v) is 14.2. The number of likely N-dealkylation sites (tertiary alicyclic amines) is 1. The van der Waals surface area contributed by atoms with E-state index in [4.69, 9.17) is 14.2 Å². The SMILES string of the molecule is COc1ccccc1Oc1ccc(Nc2c(C#N)cnc3cc(N4CCC(N5CCCC5)CC4)c(OC)cc23)cc1. The van der Waals surface area contributed by atoms with Gasteiger partial charge in [0.15, 0.2) is 11.5 Å². The fourth-order valence-electron chi connectivity index (χ4n) is 6.00. The van der Waals surface area contributed by atoms with Crippen LogP contribution >= 0.6 is 0 Å². The quantitative estimate of drug-likeness (QED) is 0.259. The summed E-state index contributed by atoms with van der Waals surface area (Å²) in [5, 5.41) is 14.2. The first-order chi connectivity index (χ1) is 20.2. The first kappa shape index (κ1) is 26.7. The lowest BCUT2D eigenvalue weighted by Crippen LogP contribution is -2.44. The predicted molar refractivity (Wildman–Crippen MR) is 162 cm³/mol. The average Bonchev–Trinajstić information content (AvgIpc) is 3.57. The second kappa shape index (κ2) is 11.9. The van der Waals surface area contributed by atoms with E-state index in [0.717, 1.165) is 54.0 Å². The lowest BCUT2D eigenvalue weighted by Gasteiger charge is -2.38. The molecule has 2 aliphatic rings. The summed E-state index contributed by atoms with van der Waals surface area (Å²) < 4.78 is 17.3. The number of ether oxygens (including phenoxy) is 3. The van der Waals surface area contributed by atoms with Crippen LogP contribution in [0, 0.1) is 11.3 Å². The summed E-state index contributed by atoms with van der Waals surface area (Å²) in [6.45, 7) is 4.46. The van der Waals surface area contributed by atoms with Crippen LogP contribution in [0.15, 0.2) is 66.9 Å². The van der Waals surface area contributed by atoms with Crippen molar-refractivity contribution < 1.29 is 14.2 Å². The van der Waals surface area contributed by atoms with Gasteiger partial charge in [-0.25, -0.2) is 0 Å². The smallest absolute Gasteiger partial charge is 0.169 e. The number of hydrogen-bond acceptors (Lipinski definition) is 8. The zero-order chi connectivity index (χ0) is 28.2. The zero-order valence-electron chi connectivity index (χ0n) is 23.6. The Hall–Kier alpha value is -4.48. The van der Waals surface area contributed by atoms with Crippen LogP contribution in [0.1, 0.15) is 31.2 Å². The molecule has 2 fully saturated rings. The van der Waals surface area contributed by atoms with Crippen molar-refractivity contribution in [1.82, 2.24) is 9.88 Å². The fourth-order valence-corrected chi connectivity index (χ4v) is 6.00. The highest BCUT2D eigenvalue weighted by molar-refractivity contribution is 5.99. The molecule has 41 heavy (non-hydrogen) atoms. The van der Waals surface area contributed by atoms with Gasteiger partial charge in [0.2, 0.25) is 0 Å².